The lowest BCUT2D eigenvalue weighted by Gasteiger charge is -2.24. The van der Waals surface area contributed by atoms with Crippen molar-refractivity contribution < 1.29 is 51.5 Å². The van der Waals surface area contributed by atoms with Crippen molar-refractivity contribution in [2.45, 2.75) is 49.5 Å². The van der Waals surface area contributed by atoms with Crippen molar-refractivity contribution in [1.29, 1.82) is 0 Å². The molecule has 4 aromatic rings. The van der Waals surface area contributed by atoms with E-state index in [1.807, 2.05) is 0 Å². The van der Waals surface area contributed by atoms with Gasteiger partial charge in [-0.15, -0.1) is 0 Å². The van der Waals surface area contributed by atoms with Crippen LogP contribution in [-0.2, 0) is 32.2 Å². The van der Waals surface area contributed by atoms with Crippen molar-refractivity contribution in [3.63, 3.8) is 0 Å². The first-order valence-corrected chi connectivity index (χ1v) is 15.5. The number of phosphoric ester groups is 1. The Labute approximate surface area is 243 Å². The summed E-state index contributed by atoms with van der Waals surface area (Å²) in [7, 11) is -8.76. The molecule has 7 N–H and O–H groups in total. The van der Waals surface area contributed by atoms with Gasteiger partial charge in [-0.1, -0.05) is 0 Å². The van der Waals surface area contributed by atoms with E-state index in [0.29, 0.717) is 0 Å². The van der Waals surface area contributed by atoms with Gasteiger partial charge >= 0.3 is 16.1 Å². The highest BCUT2D eigenvalue weighted by molar-refractivity contribution is 7.47. The second-order valence-corrected chi connectivity index (χ2v) is 11.8. The van der Waals surface area contributed by atoms with E-state index >= 15 is 4.39 Å². The standard InChI is InChI=1S/C20H24FN9O12P2/c21-10-13(41-43(34)35)9(40-19(10)29-5-25-11-14(29)23-4-24-16(11)32)3-38-44(36,37)42-8-1-7(2-31)39-18(8)30-6-26-12-15(30)27-20(22)28-17(12)33/h4-10,13,18-19,31,43H,1-3H2,(H,34,35)(H,36,37)(H,23,24,32)(H3,22,27,28,33)/t7-,8+,9+,10-,13+,18+,19+/m0/s1. The van der Waals surface area contributed by atoms with Gasteiger partial charge in [0.25, 0.3) is 11.1 Å². The number of rotatable bonds is 10. The van der Waals surface area contributed by atoms with E-state index < -0.39 is 83.5 Å². The molecule has 0 aromatic carbocycles. The Kier molecular flexibility index (Phi) is 8.22. The molecule has 0 bridgehead atoms. The number of hydrogen-bond acceptors (Lipinski definition) is 15. The molecule has 6 rings (SSSR count). The molecule has 2 unspecified atom stereocenters. The van der Waals surface area contributed by atoms with Crippen LogP contribution in [0.2, 0.25) is 0 Å². The molecule has 24 heteroatoms. The number of nitrogens with zero attached hydrogens (tertiary/aromatic N) is 6. The summed E-state index contributed by atoms with van der Waals surface area (Å²) in [5.74, 6) is -0.232. The number of nitrogens with one attached hydrogen (secondary N) is 2. The number of anilines is 1. The van der Waals surface area contributed by atoms with E-state index in [-0.39, 0.29) is 34.7 Å². The Balaban J connectivity index is 1.21. The van der Waals surface area contributed by atoms with E-state index in [1.165, 1.54) is 10.9 Å². The molecule has 238 valence electrons. The molecule has 0 aliphatic carbocycles. The molecule has 2 aliphatic heterocycles. The fourth-order valence-electron chi connectivity index (χ4n) is 5.03. The number of ether oxygens (including phenoxy) is 2. The summed E-state index contributed by atoms with van der Waals surface area (Å²) in [6.45, 7) is -1.36. The van der Waals surface area contributed by atoms with E-state index in [4.69, 9.17) is 28.8 Å². The first kappa shape index (κ1) is 30.6. The predicted octanol–water partition coefficient (Wildman–Crippen LogP) is -1.38. The molecule has 0 radical (unpaired) electrons. The number of nitrogen functional groups attached to an aromatic ring is 1. The van der Waals surface area contributed by atoms with Gasteiger partial charge in [0.1, 0.15) is 18.3 Å². The average Bonchev–Trinajstić information content (AvgIpc) is 3.73. The van der Waals surface area contributed by atoms with Gasteiger partial charge in [0.15, 0.2) is 41.0 Å². The summed E-state index contributed by atoms with van der Waals surface area (Å²) in [4.78, 5) is 64.6. The summed E-state index contributed by atoms with van der Waals surface area (Å²) in [6.07, 6.45) is -7.18. The number of nitrogens with two attached hydrogens (primary N) is 1. The molecule has 44 heavy (non-hydrogen) atoms. The van der Waals surface area contributed by atoms with Gasteiger partial charge in [0.05, 0.1) is 38.3 Å². The quantitative estimate of drug-likeness (QED) is 0.107. The largest absolute Gasteiger partial charge is 0.472 e. The van der Waals surface area contributed by atoms with Gasteiger partial charge in [-0.3, -0.25) is 37.3 Å². The Bertz CT molecular complexity index is 1880. The van der Waals surface area contributed by atoms with Gasteiger partial charge in [-0.05, 0) is 0 Å². The lowest BCUT2D eigenvalue weighted by molar-refractivity contribution is -0.0589. The van der Waals surface area contributed by atoms with Crippen molar-refractivity contribution in [1.82, 2.24) is 39.0 Å². The lowest BCUT2D eigenvalue weighted by Crippen LogP contribution is -2.33. The van der Waals surface area contributed by atoms with Crippen LogP contribution in [0.25, 0.3) is 22.3 Å². The van der Waals surface area contributed by atoms with Gasteiger partial charge in [-0.2, -0.15) is 4.98 Å². The summed E-state index contributed by atoms with van der Waals surface area (Å²) < 4.78 is 69.0. The summed E-state index contributed by atoms with van der Waals surface area (Å²) in [5.41, 5.74) is 4.05. The monoisotopic (exact) mass is 663 g/mol. The first-order valence-electron chi connectivity index (χ1n) is 12.7. The minimum atomic E-state index is -5.03. The minimum Gasteiger partial charge on any atom is -0.394 e. The van der Waals surface area contributed by atoms with E-state index in [0.717, 1.165) is 17.2 Å². The molecule has 0 saturated carbocycles. The highest BCUT2D eigenvalue weighted by atomic mass is 31.2. The molecule has 2 aliphatic rings. The van der Waals surface area contributed by atoms with E-state index in [1.54, 1.807) is 0 Å². The zero-order chi connectivity index (χ0) is 31.3. The Morgan fingerprint density at radius 3 is 2.55 bits per heavy atom. The topological polar surface area (TPSA) is 294 Å². The predicted molar refractivity (Wildman–Crippen MR) is 142 cm³/mol. The molecular weight excluding hydrogens is 639 g/mol. The maximum absolute atomic E-state index is 15.5. The van der Waals surface area contributed by atoms with Gasteiger partial charge < -0.3 is 39.6 Å². The SMILES string of the molecule is Nc1nc2c(ncn2[C@@H]2O[C@H](CO)C[C@H]2OP(=O)(O)OC[C@H]2O[C@@H](n3cnc4c(=O)[nH]cnc43)[C@@H](F)[C@@H]2O[PH](=O)O)c(=O)[nH]1. The Morgan fingerprint density at radius 1 is 1.14 bits per heavy atom. The zero-order valence-electron chi connectivity index (χ0n) is 22.0. The molecule has 6 heterocycles. The van der Waals surface area contributed by atoms with Crippen LogP contribution >= 0.6 is 16.1 Å². The third-order valence-corrected chi connectivity index (χ3v) is 8.37. The van der Waals surface area contributed by atoms with E-state index in [2.05, 4.69) is 29.9 Å². The molecule has 2 fully saturated rings. The molecule has 0 spiro atoms. The number of alkyl halides is 1. The summed E-state index contributed by atoms with van der Waals surface area (Å²) in [6, 6.07) is 0. The van der Waals surface area contributed by atoms with Gasteiger partial charge in [0.2, 0.25) is 5.95 Å². The van der Waals surface area contributed by atoms with Crippen LogP contribution in [0, 0.1) is 0 Å². The van der Waals surface area contributed by atoms with Gasteiger partial charge in [0, 0.05) is 6.42 Å². The Morgan fingerprint density at radius 2 is 1.84 bits per heavy atom. The van der Waals surface area contributed by atoms with Crippen molar-refractivity contribution in [3.8, 4) is 0 Å². The number of aliphatic hydroxyl groups is 1. The number of phosphoric acid groups is 1. The normalized spacial score (nSPS) is 29.4. The number of aliphatic hydroxyl groups excluding tert-OH is 1. The molecule has 2 saturated heterocycles. The molecular formula is C20H24FN9O12P2. The highest BCUT2D eigenvalue weighted by Crippen LogP contribution is 2.50. The number of imidazole rings is 2. The highest BCUT2D eigenvalue weighted by Gasteiger charge is 2.50. The smallest absolute Gasteiger partial charge is 0.394 e. The molecule has 9 atom stereocenters. The summed E-state index contributed by atoms with van der Waals surface area (Å²) >= 11 is 0. The lowest BCUT2D eigenvalue weighted by atomic mass is 10.1. The van der Waals surface area contributed by atoms with Crippen molar-refractivity contribution >= 4 is 44.4 Å². The van der Waals surface area contributed by atoms with Crippen LogP contribution in [0.5, 0.6) is 0 Å². The molecule has 4 aromatic heterocycles. The molecule has 21 nitrogen and oxygen atoms in total. The van der Waals surface area contributed by atoms with Gasteiger partial charge in [-0.25, -0.2) is 23.9 Å². The fraction of sp³-hybridized carbons (Fsp3) is 0.500. The van der Waals surface area contributed by atoms with Crippen LogP contribution in [0.3, 0.4) is 0 Å². The Hall–Kier alpha value is -3.43. The number of fused-ring (bicyclic) bond motifs is 2. The van der Waals surface area contributed by atoms with Crippen LogP contribution in [0.4, 0.5) is 10.3 Å². The maximum atomic E-state index is 15.5. The third-order valence-electron chi connectivity index (χ3n) is 6.89. The number of H-pyrrole nitrogens is 2. The number of hydrogen-bond donors (Lipinski definition) is 6. The van der Waals surface area contributed by atoms with Crippen molar-refractivity contribution in [2.24, 2.45) is 0 Å². The second kappa shape index (κ2) is 11.8. The van der Waals surface area contributed by atoms with Crippen LogP contribution in [0.1, 0.15) is 18.9 Å². The first-order chi connectivity index (χ1) is 21.0. The van der Waals surface area contributed by atoms with Crippen LogP contribution in [0.15, 0.2) is 28.6 Å². The number of aromatic amines is 2. The second-order valence-electron chi connectivity index (χ2n) is 9.66. The zero-order valence-corrected chi connectivity index (χ0v) is 23.9. The number of aromatic nitrogens is 8. The van der Waals surface area contributed by atoms with Crippen LogP contribution < -0.4 is 16.9 Å². The maximum Gasteiger partial charge on any atom is 0.472 e. The van der Waals surface area contributed by atoms with Crippen LogP contribution in [-0.4, -0.2) is 97.7 Å². The minimum absolute atomic E-state index is 0.0285. The summed E-state index contributed by atoms with van der Waals surface area (Å²) in [5, 5.41) is 9.66. The fourth-order valence-corrected chi connectivity index (χ4v) is 6.47. The van der Waals surface area contributed by atoms with Crippen molar-refractivity contribution in [2.75, 3.05) is 18.9 Å². The number of halogens is 1. The molecule has 0 amide bonds. The average molecular weight is 663 g/mol. The third kappa shape index (κ3) is 5.72. The van der Waals surface area contributed by atoms with Crippen molar-refractivity contribution in [3.05, 3.63) is 39.7 Å². The van der Waals surface area contributed by atoms with E-state index in [9.17, 15) is 33.6 Å².